The summed E-state index contributed by atoms with van der Waals surface area (Å²) in [6, 6.07) is 1.60. The van der Waals surface area contributed by atoms with E-state index in [1.54, 1.807) is 6.07 Å². The molecule has 2 rings (SSSR count). The lowest BCUT2D eigenvalue weighted by Crippen LogP contribution is -2.17. The van der Waals surface area contributed by atoms with Gasteiger partial charge in [0.1, 0.15) is 18.4 Å². The Kier molecular flexibility index (Phi) is 5.16. The SMILES string of the molecule is CCOCc1nc(Cl)cc(OCC2CCCO2)n1. The third kappa shape index (κ3) is 4.08. The summed E-state index contributed by atoms with van der Waals surface area (Å²) in [5, 5.41) is 0.363. The first-order chi connectivity index (χ1) is 8.78. The van der Waals surface area contributed by atoms with Crippen molar-refractivity contribution in [3.63, 3.8) is 0 Å². The number of halogens is 1. The van der Waals surface area contributed by atoms with E-state index >= 15 is 0 Å². The highest BCUT2D eigenvalue weighted by Gasteiger charge is 2.16. The maximum atomic E-state index is 5.91. The second-order valence-electron chi connectivity index (χ2n) is 4.03. The third-order valence-corrected chi connectivity index (χ3v) is 2.79. The molecule has 1 unspecified atom stereocenters. The summed E-state index contributed by atoms with van der Waals surface area (Å²) in [6.45, 7) is 4.18. The van der Waals surface area contributed by atoms with Crippen LogP contribution in [0.5, 0.6) is 5.88 Å². The molecule has 0 saturated carbocycles. The Morgan fingerprint density at radius 3 is 3.11 bits per heavy atom. The summed E-state index contributed by atoms with van der Waals surface area (Å²) in [5.74, 6) is 1.01. The van der Waals surface area contributed by atoms with Gasteiger partial charge in [0.05, 0.1) is 6.10 Å². The Morgan fingerprint density at radius 1 is 1.50 bits per heavy atom. The zero-order valence-corrected chi connectivity index (χ0v) is 11.2. The normalized spacial score (nSPS) is 19.1. The van der Waals surface area contributed by atoms with Crippen LogP contribution in [0, 0.1) is 0 Å². The van der Waals surface area contributed by atoms with Gasteiger partial charge in [-0.15, -0.1) is 0 Å². The predicted molar refractivity (Wildman–Crippen MR) is 66.8 cm³/mol. The van der Waals surface area contributed by atoms with Gasteiger partial charge in [-0.05, 0) is 19.8 Å². The monoisotopic (exact) mass is 272 g/mol. The molecule has 0 amide bonds. The van der Waals surface area contributed by atoms with Gasteiger partial charge in [0.2, 0.25) is 5.88 Å². The molecule has 100 valence electrons. The molecule has 5 nitrogen and oxygen atoms in total. The van der Waals surface area contributed by atoms with Crippen molar-refractivity contribution in [1.82, 2.24) is 9.97 Å². The molecule has 0 radical (unpaired) electrons. The predicted octanol–water partition coefficient (Wildman–Crippen LogP) is 2.22. The molecule has 1 aliphatic rings. The summed E-state index contributed by atoms with van der Waals surface area (Å²) < 4.78 is 16.3. The summed E-state index contributed by atoms with van der Waals surface area (Å²) in [7, 11) is 0. The molecule has 1 aliphatic heterocycles. The van der Waals surface area contributed by atoms with Crippen LogP contribution in [0.25, 0.3) is 0 Å². The number of rotatable bonds is 6. The molecule has 2 heterocycles. The second kappa shape index (κ2) is 6.87. The van der Waals surface area contributed by atoms with Crippen molar-refractivity contribution in [2.45, 2.75) is 32.5 Å². The lowest BCUT2D eigenvalue weighted by Gasteiger charge is -2.11. The van der Waals surface area contributed by atoms with Gasteiger partial charge in [-0.3, -0.25) is 0 Å². The molecule has 1 aromatic rings. The largest absolute Gasteiger partial charge is 0.475 e. The average Bonchev–Trinajstić information content (AvgIpc) is 2.86. The molecule has 1 fully saturated rings. The smallest absolute Gasteiger partial charge is 0.218 e. The molecule has 1 aromatic heterocycles. The van der Waals surface area contributed by atoms with E-state index in [-0.39, 0.29) is 6.10 Å². The quantitative estimate of drug-likeness (QED) is 0.743. The summed E-state index contributed by atoms with van der Waals surface area (Å²) >= 11 is 5.91. The molecule has 1 saturated heterocycles. The van der Waals surface area contributed by atoms with E-state index in [2.05, 4.69) is 9.97 Å². The van der Waals surface area contributed by atoms with E-state index in [9.17, 15) is 0 Å². The first-order valence-corrected chi connectivity index (χ1v) is 6.51. The minimum absolute atomic E-state index is 0.161. The van der Waals surface area contributed by atoms with Gasteiger partial charge in [-0.1, -0.05) is 11.6 Å². The van der Waals surface area contributed by atoms with Crippen LogP contribution >= 0.6 is 11.6 Å². The van der Waals surface area contributed by atoms with Crippen molar-refractivity contribution in [1.29, 1.82) is 0 Å². The molecule has 0 N–H and O–H groups in total. The van der Waals surface area contributed by atoms with Crippen LogP contribution in [-0.2, 0) is 16.1 Å². The molecular formula is C12H17ClN2O3. The maximum absolute atomic E-state index is 5.91. The Bertz CT molecular complexity index is 384. The molecule has 18 heavy (non-hydrogen) atoms. The maximum Gasteiger partial charge on any atom is 0.218 e. The van der Waals surface area contributed by atoms with Crippen LogP contribution in [0.2, 0.25) is 5.15 Å². The zero-order valence-electron chi connectivity index (χ0n) is 10.4. The van der Waals surface area contributed by atoms with E-state index in [1.807, 2.05) is 6.92 Å². The molecule has 1 atom stereocenters. The van der Waals surface area contributed by atoms with Crippen LogP contribution in [0.1, 0.15) is 25.6 Å². The second-order valence-corrected chi connectivity index (χ2v) is 4.42. The average molecular weight is 273 g/mol. The van der Waals surface area contributed by atoms with E-state index in [4.69, 9.17) is 25.8 Å². The number of ether oxygens (including phenoxy) is 3. The minimum Gasteiger partial charge on any atom is -0.475 e. The van der Waals surface area contributed by atoms with Crippen molar-refractivity contribution in [2.75, 3.05) is 19.8 Å². The van der Waals surface area contributed by atoms with Crippen LogP contribution in [0.15, 0.2) is 6.07 Å². The Labute approximate surface area is 111 Å². The van der Waals surface area contributed by atoms with Gasteiger partial charge in [0.25, 0.3) is 0 Å². The Balaban J connectivity index is 1.91. The van der Waals surface area contributed by atoms with Crippen LogP contribution in [-0.4, -0.2) is 35.9 Å². The number of aromatic nitrogens is 2. The van der Waals surface area contributed by atoms with Crippen LogP contribution < -0.4 is 4.74 Å². The van der Waals surface area contributed by atoms with Gasteiger partial charge in [-0.2, -0.15) is 4.98 Å². The van der Waals surface area contributed by atoms with Crippen molar-refractivity contribution < 1.29 is 14.2 Å². The Hall–Kier alpha value is -0.910. The van der Waals surface area contributed by atoms with Gasteiger partial charge in [-0.25, -0.2) is 4.98 Å². The van der Waals surface area contributed by atoms with Crippen molar-refractivity contribution >= 4 is 11.6 Å². The van der Waals surface area contributed by atoms with Crippen molar-refractivity contribution in [3.8, 4) is 5.88 Å². The lowest BCUT2D eigenvalue weighted by atomic mass is 10.2. The van der Waals surface area contributed by atoms with Crippen LogP contribution in [0.3, 0.4) is 0 Å². The fourth-order valence-electron chi connectivity index (χ4n) is 1.73. The van der Waals surface area contributed by atoms with Gasteiger partial charge in [0.15, 0.2) is 5.82 Å². The summed E-state index contributed by atoms with van der Waals surface area (Å²) in [5.41, 5.74) is 0. The standard InChI is InChI=1S/C12H17ClN2O3/c1-2-16-8-11-14-10(13)6-12(15-11)18-7-9-4-3-5-17-9/h6,9H,2-5,7-8H2,1H3. The molecule has 6 heteroatoms. The van der Waals surface area contributed by atoms with E-state index < -0.39 is 0 Å². The molecular weight excluding hydrogens is 256 g/mol. The topological polar surface area (TPSA) is 53.5 Å². The highest BCUT2D eigenvalue weighted by Crippen LogP contribution is 2.17. The molecule has 0 bridgehead atoms. The number of hydrogen-bond acceptors (Lipinski definition) is 5. The third-order valence-electron chi connectivity index (χ3n) is 2.59. The zero-order chi connectivity index (χ0) is 12.8. The number of nitrogens with zero attached hydrogens (tertiary/aromatic N) is 2. The molecule has 0 spiro atoms. The highest BCUT2D eigenvalue weighted by atomic mass is 35.5. The van der Waals surface area contributed by atoms with E-state index in [1.165, 1.54) is 0 Å². The fraction of sp³-hybridized carbons (Fsp3) is 0.667. The first-order valence-electron chi connectivity index (χ1n) is 6.13. The summed E-state index contributed by atoms with van der Waals surface area (Å²) in [4.78, 5) is 8.30. The van der Waals surface area contributed by atoms with Gasteiger partial charge < -0.3 is 14.2 Å². The summed E-state index contributed by atoms with van der Waals surface area (Å²) in [6.07, 6.45) is 2.28. The van der Waals surface area contributed by atoms with Crippen LogP contribution in [0.4, 0.5) is 0 Å². The number of hydrogen-bond donors (Lipinski definition) is 0. The minimum atomic E-state index is 0.161. The van der Waals surface area contributed by atoms with Gasteiger partial charge >= 0.3 is 0 Å². The lowest BCUT2D eigenvalue weighted by molar-refractivity contribution is 0.0657. The fourth-order valence-corrected chi connectivity index (χ4v) is 1.92. The highest BCUT2D eigenvalue weighted by molar-refractivity contribution is 6.29. The molecule has 0 aliphatic carbocycles. The Morgan fingerprint density at radius 2 is 2.39 bits per heavy atom. The van der Waals surface area contributed by atoms with E-state index in [0.29, 0.717) is 36.7 Å². The van der Waals surface area contributed by atoms with Gasteiger partial charge in [0, 0.05) is 19.3 Å². The van der Waals surface area contributed by atoms with Crippen molar-refractivity contribution in [3.05, 3.63) is 17.0 Å². The van der Waals surface area contributed by atoms with Crippen molar-refractivity contribution in [2.24, 2.45) is 0 Å². The van der Waals surface area contributed by atoms with E-state index in [0.717, 1.165) is 19.4 Å². The first kappa shape index (κ1) is 13.5. The molecule has 0 aromatic carbocycles.